The van der Waals surface area contributed by atoms with Crippen molar-refractivity contribution in [2.75, 3.05) is 13.6 Å². The first kappa shape index (κ1) is 17.0. The molecule has 0 amide bonds. The fourth-order valence-corrected chi connectivity index (χ4v) is 4.47. The van der Waals surface area contributed by atoms with E-state index in [4.69, 9.17) is 5.73 Å². The number of nitrogens with two attached hydrogens (primary N) is 1. The SMILES string of the molecule is CCC(C)(C)C1CCC(CN)C(N(C)Cc2ccsc2)C1. The van der Waals surface area contributed by atoms with Crippen molar-refractivity contribution in [2.45, 2.75) is 59.0 Å². The molecule has 2 N–H and O–H groups in total. The summed E-state index contributed by atoms with van der Waals surface area (Å²) in [5.74, 6) is 1.50. The van der Waals surface area contributed by atoms with Crippen LogP contribution in [0.4, 0.5) is 0 Å². The minimum absolute atomic E-state index is 0.459. The van der Waals surface area contributed by atoms with Crippen LogP contribution < -0.4 is 5.73 Å². The van der Waals surface area contributed by atoms with Gasteiger partial charge in [-0.25, -0.2) is 0 Å². The van der Waals surface area contributed by atoms with Gasteiger partial charge in [0.15, 0.2) is 0 Å². The van der Waals surface area contributed by atoms with E-state index in [-0.39, 0.29) is 0 Å². The molecular formula is C18H32N2S. The summed E-state index contributed by atoms with van der Waals surface area (Å²) in [4.78, 5) is 2.55. The average molecular weight is 309 g/mol. The zero-order valence-corrected chi connectivity index (χ0v) is 15.0. The van der Waals surface area contributed by atoms with E-state index in [1.807, 2.05) is 0 Å². The largest absolute Gasteiger partial charge is 0.330 e. The molecule has 1 aromatic rings. The fraction of sp³-hybridized carbons (Fsp3) is 0.778. The van der Waals surface area contributed by atoms with Crippen LogP contribution in [0.2, 0.25) is 0 Å². The van der Waals surface area contributed by atoms with Crippen molar-refractivity contribution in [3.8, 4) is 0 Å². The Labute approximate surface area is 134 Å². The third kappa shape index (κ3) is 4.08. The van der Waals surface area contributed by atoms with Gasteiger partial charge in [-0.15, -0.1) is 0 Å². The standard InChI is InChI=1S/C18H32N2S/c1-5-18(2,3)16-7-6-15(11-19)17(10-16)20(4)12-14-8-9-21-13-14/h8-9,13,15-17H,5-7,10-12,19H2,1-4H3. The molecule has 0 saturated heterocycles. The van der Waals surface area contributed by atoms with E-state index in [2.05, 4.69) is 49.5 Å². The smallest absolute Gasteiger partial charge is 0.0242 e. The molecule has 0 aromatic carbocycles. The lowest BCUT2D eigenvalue weighted by Crippen LogP contribution is -2.47. The monoisotopic (exact) mass is 308 g/mol. The van der Waals surface area contributed by atoms with Crippen LogP contribution in [0.15, 0.2) is 16.8 Å². The Morgan fingerprint density at radius 2 is 2.14 bits per heavy atom. The molecule has 0 aliphatic heterocycles. The summed E-state index contributed by atoms with van der Waals surface area (Å²) in [6.45, 7) is 9.10. The number of hydrogen-bond donors (Lipinski definition) is 1. The van der Waals surface area contributed by atoms with Crippen LogP contribution in [-0.2, 0) is 6.54 Å². The second-order valence-corrected chi connectivity index (χ2v) is 8.24. The van der Waals surface area contributed by atoms with Crippen molar-refractivity contribution >= 4 is 11.3 Å². The lowest BCUT2D eigenvalue weighted by Gasteiger charge is -2.46. The van der Waals surface area contributed by atoms with Gasteiger partial charge in [0.25, 0.3) is 0 Å². The predicted octanol–water partition coefficient (Wildman–Crippen LogP) is 4.36. The quantitative estimate of drug-likeness (QED) is 0.846. The van der Waals surface area contributed by atoms with E-state index in [0.717, 1.165) is 19.0 Å². The van der Waals surface area contributed by atoms with E-state index in [1.165, 1.54) is 31.2 Å². The van der Waals surface area contributed by atoms with Gasteiger partial charge in [-0.05, 0) is 72.5 Å². The predicted molar refractivity (Wildman–Crippen MR) is 93.5 cm³/mol. The van der Waals surface area contributed by atoms with E-state index in [9.17, 15) is 0 Å². The maximum absolute atomic E-state index is 6.07. The van der Waals surface area contributed by atoms with E-state index in [1.54, 1.807) is 11.3 Å². The van der Waals surface area contributed by atoms with Gasteiger partial charge in [0.1, 0.15) is 0 Å². The normalized spacial score (nSPS) is 27.2. The zero-order chi connectivity index (χ0) is 15.5. The van der Waals surface area contributed by atoms with E-state index >= 15 is 0 Å². The maximum Gasteiger partial charge on any atom is 0.0242 e. The molecule has 3 heteroatoms. The Bertz CT molecular complexity index is 413. The number of hydrogen-bond acceptors (Lipinski definition) is 3. The van der Waals surface area contributed by atoms with E-state index < -0.39 is 0 Å². The molecule has 0 bridgehead atoms. The van der Waals surface area contributed by atoms with Gasteiger partial charge >= 0.3 is 0 Å². The first-order valence-corrected chi connectivity index (χ1v) is 9.33. The first-order chi connectivity index (χ1) is 9.97. The van der Waals surface area contributed by atoms with Crippen molar-refractivity contribution < 1.29 is 0 Å². The minimum atomic E-state index is 0.459. The number of rotatable bonds is 6. The molecule has 120 valence electrons. The Morgan fingerprint density at radius 1 is 1.38 bits per heavy atom. The molecule has 2 nitrogen and oxygen atoms in total. The molecule has 1 saturated carbocycles. The summed E-state index contributed by atoms with van der Waals surface area (Å²) in [6, 6.07) is 2.88. The maximum atomic E-state index is 6.07. The van der Waals surface area contributed by atoms with Crippen molar-refractivity contribution in [3.05, 3.63) is 22.4 Å². The third-order valence-electron chi connectivity index (χ3n) is 5.85. The molecule has 1 fully saturated rings. The van der Waals surface area contributed by atoms with Crippen LogP contribution in [-0.4, -0.2) is 24.5 Å². The average Bonchev–Trinajstić information content (AvgIpc) is 2.99. The van der Waals surface area contributed by atoms with Crippen LogP contribution in [0.1, 0.15) is 52.0 Å². The lowest BCUT2D eigenvalue weighted by atomic mass is 9.65. The summed E-state index contributed by atoms with van der Waals surface area (Å²) in [5.41, 5.74) is 7.97. The molecule has 0 radical (unpaired) electrons. The third-order valence-corrected chi connectivity index (χ3v) is 6.59. The topological polar surface area (TPSA) is 29.3 Å². The van der Waals surface area contributed by atoms with Crippen LogP contribution in [0, 0.1) is 17.3 Å². The minimum Gasteiger partial charge on any atom is -0.330 e. The first-order valence-electron chi connectivity index (χ1n) is 8.39. The van der Waals surface area contributed by atoms with Crippen LogP contribution in [0.25, 0.3) is 0 Å². The molecule has 2 rings (SSSR count). The van der Waals surface area contributed by atoms with Crippen molar-refractivity contribution in [3.63, 3.8) is 0 Å². The molecule has 3 atom stereocenters. The molecule has 1 aliphatic carbocycles. The van der Waals surface area contributed by atoms with Crippen LogP contribution in [0.5, 0.6) is 0 Å². The molecule has 1 heterocycles. The van der Waals surface area contributed by atoms with Crippen molar-refractivity contribution in [1.29, 1.82) is 0 Å². The molecule has 1 aromatic heterocycles. The highest BCUT2D eigenvalue weighted by molar-refractivity contribution is 7.07. The van der Waals surface area contributed by atoms with Gasteiger partial charge in [0.2, 0.25) is 0 Å². The lowest BCUT2D eigenvalue weighted by molar-refractivity contribution is 0.0468. The summed E-state index contributed by atoms with van der Waals surface area (Å²) in [7, 11) is 2.28. The van der Waals surface area contributed by atoms with E-state index in [0.29, 0.717) is 17.4 Å². The fourth-order valence-electron chi connectivity index (χ4n) is 3.81. The summed E-state index contributed by atoms with van der Waals surface area (Å²) in [5, 5.41) is 4.44. The highest BCUT2D eigenvalue weighted by Gasteiger charge is 2.38. The second-order valence-electron chi connectivity index (χ2n) is 7.46. The van der Waals surface area contributed by atoms with Gasteiger partial charge in [0.05, 0.1) is 0 Å². The Hall–Kier alpha value is -0.380. The second kappa shape index (κ2) is 7.26. The number of nitrogens with zero attached hydrogens (tertiary/aromatic N) is 1. The number of thiophene rings is 1. The molecular weight excluding hydrogens is 276 g/mol. The van der Waals surface area contributed by atoms with Crippen molar-refractivity contribution in [2.24, 2.45) is 23.0 Å². The highest BCUT2D eigenvalue weighted by Crippen LogP contribution is 2.43. The Balaban J connectivity index is 2.05. The van der Waals surface area contributed by atoms with Gasteiger partial charge in [-0.2, -0.15) is 11.3 Å². The Kier molecular flexibility index (Phi) is 5.87. The molecule has 1 aliphatic rings. The van der Waals surface area contributed by atoms with Gasteiger partial charge in [-0.1, -0.05) is 27.2 Å². The van der Waals surface area contributed by atoms with Crippen LogP contribution in [0.3, 0.4) is 0 Å². The molecule has 3 unspecified atom stereocenters. The highest BCUT2D eigenvalue weighted by atomic mass is 32.1. The Morgan fingerprint density at radius 3 is 2.71 bits per heavy atom. The van der Waals surface area contributed by atoms with Crippen molar-refractivity contribution in [1.82, 2.24) is 4.90 Å². The molecule has 21 heavy (non-hydrogen) atoms. The van der Waals surface area contributed by atoms with Gasteiger partial charge in [0, 0.05) is 12.6 Å². The van der Waals surface area contributed by atoms with Gasteiger partial charge in [-0.3, -0.25) is 4.90 Å². The molecule has 0 spiro atoms. The summed E-state index contributed by atoms with van der Waals surface area (Å²) >= 11 is 1.79. The summed E-state index contributed by atoms with van der Waals surface area (Å²) < 4.78 is 0. The summed E-state index contributed by atoms with van der Waals surface area (Å²) in [6.07, 6.45) is 5.23. The van der Waals surface area contributed by atoms with Gasteiger partial charge < -0.3 is 5.73 Å². The van der Waals surface area contributed by atoms with Crippen LogP contribution >= 0.6 is 11.3 Å². The zero-order valence-electron chi connectivity index (χ0n) is 14.1.